The lowest BCUT2D eigenvalue weighted by Gasteiger charge is -2.31. The van der Waals surface area contributed by atoms with E-state index >= 15 is 0 Å². The van der Waals surface area contributed by atoms with Crippen molar-refractivity contribution >= 4 is 22.3 Å². The number of nitrogens with zero attached hydrogens (tertiary/aromatic N) is 3. The van der Waals surface area contributed by atoms with E-state index in [1.54, 1.807) is 0 Å². The minimum atomic E-state index is 0.414. The van der Waals surface area contributed by atoms with Crippen molar-refractivity contribution in [3.05, 3.63) is 59.8 Å². The normalized spacial score (nSPS) is 15.4. The lowest BCUT2D eigenvalue weighted by atomic mass is 9.87. The molecule has 166 valence electrons. The fourth-order valence-corrected chi connectivity index (χ4v) is 5.18. The summed E-state index contributed by atoms with van der Waals surface area (Å²) in [5, 5.41) is 5.16. The number of hydrogen-bond donors (Lipinski definition) is 1. The molecule has 2 aromatic carbocycles. The monoisotopic (exact) mass is 418 g/mol. The number of para-hydroxylation sites is 2. The first kappa shape index (κ1) is 21.9. The first-order valence-corrected chi connectivity index (χ1v) is 12.1. The number of aromatic nitrogens is 1. The quantitative estimate of drug-likeness (QED) is 0.443. The van der Waals surface area contributed by atoms with Crippen molar-refractivity contribution in [1.29, 1.82) is 0 Å². The maximum atomic E-state index is 3.82. The predicted molar refractivity (Wildman–Crippen MR) is 134 cm³/mol. The van der Waals surface area contributed by atoms with Crippen molar-refractivity contribution in [2.75, 3.05) is 44.6 Å². The highest BCUT2D eigenvalue weighted by molar-refractivity contribution is 5.99. The highest BCUT2D eigenvalue weighted by Gasteiger charge is 2.31. The van der Waals surface area contributed by atoms with E-state index in [0.29, 0.717) is 5.92 Å². The Hall–Kier alpha value is -2.30. The molecule has 0 aliphatic carbocycles. The van der Waals surface area contributed by atoms with E-state index in [4.69, 9.17) is 0 Å². The van der Waals surface area contributed by atoms with Crippen molar-refractivity contribution in [3.8, 4) is 0 Å². The minimum Gasteiger partial charge on any atom is -0.353 e. The van der Waals surface area contributed by atoms with Gasteiger partial charge >= 0.3 is 0 Å². The van der Waals surface area contributed by atoms with Crippen LogP contribution in [0.25, 0.3) is 10.9 Å². The molecule has 2 heterocycles. The molecule has 0 fully saturated rings. The van der Waals surface area contributed by atoms with Gasteiger partial charge in [0, 0.05) is 30.1 Å². The fraction of sp³-hybridized carbons (Fsp3) is 0.481. The van der Waals surface area contributed by atoms with Crippen LogP contribution in [0.5, 0.6) is 0 Å². The molecule has 1 aliphatic heterocycles. The van der Waals surface area contributed by atoms with Crippen LogP contribution >= 0.6 is 0 Å². The highest BCUT2D eigenvalue weighted by Crippen LogP contribution is 2.47. The Morgan fingerprint density at radius 1 is 0.806 bits per heavy atom. The van der Waals surface area contributed by atoms with E-state index in [2.05, 4.69) is 95.9 Å². The molecule has 3 aromatic rings. The molecule has 0 amide bonds. The summed E-state index contributed by atoms with van der Waals surface area (Å²) in [6.07, 6.45) is 1.15. The molecule has 1 aliphatic rings. The number of nitrogens with one attached hydrogen (secondary N) is 1. The molecular weight excluding hydrogens is 380 g/mol. The van der Waals surface area contributed by atoms with Gasteiger partial charge in [-0.05, 0) is 56.8 Å². The van der Waals surface area contributed by atoms with Gasteiger partial charge in [-0.2, -0.15) is 0 Å². The molecule has 1 atom stereocenters. The van der Waals surface area contributed by atoms with Gasteiger partial charge in [0.2, 0.25) is 0 Å². The second kappa shape index (κ2) is 9.88. The standard InChI is InChI=1S/C27H38N4/c1-5-29(6-2)18-17-22-21-13-9-11-15-24(21)28-26-23-14-10-12-16-25(23)31(27(22)26)20-19-30(7-3)8-4/h9-16,22,28H,5-8,17-20H2,1-4H3. The third kappa shape index (κ3) is 4.24. The molecule has 31 heavy (non-hydrogen) atoms. The zero-order valence-electron chi connectivity index (χ0n) is 19.7. The Balaban J connectivity index is 1.80. The minimum absolute atomic E-state index is 0.414. The van der Waals surface area contributed by atoms with Crippen LogP contribution in [-0.4, -0.2) is 53.6 Å². The molecule has 1 unspecified atom stereocenters. The topological polar surface area (TPSA) is 23.4 Å². The van der Waals surface area contributed by atoms with Crippen molar-refractivity contribution in [2.45, 2.75) is 46.6 Å². The van der Waals surface area contributed by atoms with Crippen molar-refractivity contribution < 1.29 is 0 Å². The van der Waals surface area contributed by atoms with E-state index in [0.717, 1.165) is 52.2 Å². The number of likely N-dealkylation sites (N-methyl/N-ethyl adjacent to an activating group) is 1. The Morgan fingerprint density at radius 3 is 2.19 bits per heavy atom. The molecule has 1 N–H and O–H groups in total. The zero-order chi connectivity index (χ0) is 21.8. The molecule has 4 rings (SSSR count). The summed E-state index contributed by atoms with van der Waals surface area (Å²) in [6.45, 7) is 16.7. The largest absolute Gasteiger partial charge is 0.353 e. The summed E-state index contributed by atoms with van der Waals surface area (Å²) in [7, 11) is 0. The van der Waals surface area contributed by atoms with Crippen molar-refractivity contribution in [2.24, 2.45) is 0 Å². The fourth-order valence-electron chi connectivity index (χ4n) is 5.18. The van der Waals surface area contributed by atoms with Gasteiger partial charge in [-0.15, -0.1) is 0 Å². The van der Waals surface area contributed by atoms with E-state index in [1.165, 1.54) is 33.5 Å². The molecule has 4 heteroatoms. The summed E-state index contributed by atoms with van der Waals surface area (Å²) in [5.74, 6) is 0.414. The number of benzene rings is 2. The van der Waals surface area contributed by atoms with Crippen LogP contribution < -0.4 is 5.32 Å². The smallest absolute Gasteiger partial charge is 0.0683 e. The maximum Gasteiger partial charge on any atom is 0.0683 e. The number of anilines is 2. The van der Waals surface area contributed by atoms with Crippen LogP contribution in [0.15, 0.2) is 48.5 Å². The second-order valence-corrected chi connectivity index (χ2v) is 8.54. The van der Waals surface area contributed by atoms with Crippen LogP contribution in [0.4, 0.5) is 11.4 Å². The molecular formula is C27H38N4. The summed E-state index contributed by atoms with van der Waals surface area (Å²) < 4.78 is 2.61. The Bertz CT molecular complexity index is 998. The van der Waals surface area contributed by atoms with Crippen LogP contribution in [0, 0.1) is 0 Å². The summed E-state index contributed by atoms with van der Waals surface area (Å²) in [4.78, 5) is 5.07. The van der Waals surface area contributed by atoms with Gasteiger partial charge in [-0.25, -0.2) is 0 Å². The van der Waals surface area contributed by atoms with Gasteiger partial charge in [0.15, 0.2) is 0 Å². The summed E-state index contributed by atoms with van der Waals surface area (Å²) >= 11 is 0. The van der Waals surface area contributed by atoms with Crippen molar-refractivity contribution in [3.63, 3.8) is 0 Å². The Kier molecular flexibility index (Phi) is 6.99. The average molecular weight is 419 g/mol. The van der Waals surface area contributed by atoms with Gasteiger partial charge in [0.1, 0.15) is 0 Å². The van der Waals surface area contributed by atoms with E-state index < -0.39 is 0 Å². The van der Waals surface area contributed by atoms with Gasteiger partial charge < -0.3 is 19.7 Å². The summed E-state index contributed by atoms with van der Waals surface area (Å²) in [6, 6.07) is 17.8. The number of rotatable bonds is 10. The van der Waals surface area contributed by atoms with Gasteiger partial charge in [0.05, 0.1) is 16.9 Å². The van der Waals surface area contributed by atoms with Gasteiger partial charge in [0.25, 0.3) is 0 Å². The second-order valence-electron chi connectivity index (χ2n) is 8.54. The SMILES string of the molecule is CCN(CC)CCC1c2ccccc2Nc2c1n(CCN(CC)CC)c1ccccc21. The third-order valence-corrected chi connectivity index (χ3v) is 7.10. The zero-order valence-corrected chi connectivity index (χ0v) is 19.7. The lowest BCUT2D eigenvalue weighted by molar-refractivity contribution is 0.285. The predicted octanol–water partition coefficient (Wildman–Crippen LogP) is 5.90. The molecule has 4 nitrogen and oxygen atoms in total. The number of hydrogen-bond acceptors (Lipinski definition) is 3. The molecule has 0 saturated heterocycles. The van der Waals surface area contributed by atoms with Gasteiger partial charge in [-0.1, -0.05) is 64.1 Å². The summed E-state index contributed by atoms with van der Waals surface area (Å²) in [5.41, 5.74) is 6.85. The van der Waals surface area contributed by atoms with Crippen LogP contribution in [0.3, 0.4) is 0 Å². The molecule has 0 saturated carbocycles. The van der Waals surface area contributed by atoms with E-state index in [-0.39, 0.29) is 0 Å². The van der Waals surface area contributed by atoms with Crippen molar-refractivity contribution in [1.82, 2.24) is 14.4 Å². The Morgan fingerprint density at radius 2 is 1.45 bits per heavy atom. The number of fused-ring (bicyclic) bond motifs is 4. The average Bonchev–Trinajstić information content (AvgIpc) is 3.13. The lowest BCUT2D eigenvalue weighted by Crippen LogP contribution is -2.29. The molecule has 0 spiro atoms. The van der Waals surface area contributed by atoms with E-state index in [1.807, 2.05) is 0 Å². The Labute approximate surface area is 187 Å². The van der Waals surface area contributed by atoms with Crippen LogP contribution in [0.1, 0.15) is 51.3 Å². The van der Waals surface area contributed by atoms with E-state index in [9.17, 15) is 0 Å². The van der Waals surface area contributed by atoms with Crippen LogP contribution in [-0.2, 0) is 6.54 Å². The van der Waals surface area contributed by atoms with Gasteiger partial charge in [-0.3, -0.25) is 0 Å². The highest BCUT2D eigenvalue weighted by atomic mass is 15.2. The molecule has 0 bridgehead atoms. The molecule has 0 radical (unpaired) electrons. The maximum absolute atomic E-state index is 3.82. The third-order valence-electron chi connectivity index (χ3n) is 7.10. The first-order valence-electron chi connectivity index (χ1n) is 12.1. The molecule has 1 aromatic heterocycles. The van der Waals surface area contributed by atoms with Crippen LogP contribution in [0.2, 0.25) is 0 Å². The first-order chi connectivity index (χ1) is 15.2.